The van der Waals surface area contributed by atoms with Crippen LogP contribution in [-0.2, 0) is 0 Å². The molecule has 0 aliphatic rings. The molecule has 3 rings (SSSR count). The number of rotatable bonds is 4. The highest BCUT2D eigenvalue weighted by molar-refractivity contribution is 5.85. The Morgan fingerprint density at radius 1 is 0.923 bits per heavy atom. The predicted octanol–water partition coefficient (Wildman–Crippen LogP) is 3.90. The molecule has 0 fully saturated rings. The normalized spacial score (nSPS) is 9.42. The number of para-hydroxylation sites is 4. The monoisotopic (exact) mass is 376 g/mol. The second kappa shape index (κ2) is 10.3. The van der Waals surface area contributed by atoms with Crippen LogP contribution in [-0.4, -0.2) is 24.0 Å². The number of aromatic nitrogens is 2. The summed E-state index contributed by atoms with van der Waals surface area (Å²) in [5.41, 5.74) is 6.42. The fourth-order valence-electron chi connectivity index (χ4n) is 2.44. The van der Waals surface area contributed by atoms with Gasteiger partial charge < -0.3 is 14.9 Å². The molecule has 0 saturated carbocycles. The smallest absolute Gasteiger partial charge is 0.144 e. The largest absolute Gasteiger partial charge is 0.495 e. The summed E-state index contributed by atoms with van der Waals surface area (Å²) in [6.07, 6.45) is 0. The van der Waals surface area contributed by atoms with Gasteiger partial charge in [-0.2, -0.15) is 5.10 Å². The Morgan fingerprint density at radius 2 is 1.50 bits per heavy atom. The SMILES string of the molecule is COc1ccccc1-n1nc(C)cc1C.COc1ccccc1NN.Cl. The van der Waals surface area contributed by atoms with Gasteiger partial charge in [-0.3, -0.25) is 5.84 Å². The molecule has 6 nitrogen and oxygen atoms in total. The van der Waals surface area contributed by atoms with E-state index < -0.39 is 0 Å². The summed E-state index contributed by atoms with van der Waals surface area (Å²) in [6.45, 7) is 4.02. The van der Waals surface area contributed by atoms with Crippen molar-refractivity contribution in [2.75, 3.05) is 19.6 Å². The van der Waals surface area contributed by atoms with Crippen LogP contribution in [0.5, 0.6) is 11.5 Å². The molecule has 0 aliphatic carbocycles. The Morgan fingerprint density at radius 3 is 2.00 bits per heavy atom. The van der Waals surface area contributed by atoms with Gasteiger partial charge in [0.1, 0.15) is 17.2 Å². The summed E-state index contributed by atoms with van der Waals surface area (Å²) in [4.78, 5) is 0. The maximum Gasteiger partial charge on any atom is 0.144 e. The zero-order valence-electron chi connectivity index (χ0n) is 15.4. The predicted molar refractivity (Wildman–Crippen MR) is 108 cm³/mol. The second-order valence-electron chi connectivity index (χ2n) is 5.36. The van der Waals surface area contributed by atoms with Crippen molar-refractivity contribution in [3.05, 3.63) is 66.0 Å². The summed E-state index contributed by atoms with van der Waals surface area (Å²) in [5.74, 6) is 6.79. The molecule has 0 spiro atoms. The summed E-state index contributed by atoms with van der Waals surface area (Å²) < 4.78 is 12.2. The Balaban J connectivity index is 0.000000270. The molecular weight excluding hydrogens is 352 g/mol. The average Bonchev–Trinajstić information content (AvgIpc) is 3.00. The van der Waals surface area contributed by atoms with Gasteiger partial charge in [0.05, 0.1) is 25.6 Å². The van der Waals surface area contributed by atoms with Crippen molar-refractivity contribution in [1.29, 1.82) is 0 Å². The first-order chi connectivity index (χ1) is 12.1. The number of methoxy groups -OCH3 is 2. The average molecular weight is 377 g/mol. The van der Waals surface area contributed by atoms with Crippen LogP contribution in [0, 0.1) is 13.8 Å². The fraction of sp³-hybridized carbons (Fsp3) is 0.211. The molecule has 0 bridgehead atoms. The van der Waals surface area contributed by atoms with Gasteiger partial charge in [-0.05, 0) is 44.2 Å². The molecule has 26 heavy (non-hydrogen) atoms. The molecule has 1 aromatic heterocycles. The number of nitrogens with two attached hydrogens (primary N) is 1. The molecule has 0 aliphatic heterocycles. The van der Waals surface area contributed by atoms with Crippen LogP contribution in [0.4, 0.5) is 5.69 Å². The van der Waals surface area contributed by atoms with Crippen molar-refractivity contribution in [2.45, 2.75) is 13.8 Å². The van der Waals surface area contributed by atoms with E-state index in [-0.39, 0.29) is 12.4 Å². The number of benzene rings is 2. The summed E-state index contributed by atoms with van der Waals surface area (Å²) >= 11 is 0. The molecule has 0 radical (unpaired) electrons. The molecule has 3 N–H and O–H groups in total. The first kappa shape index (κ1) is 21.3. The lowest BCUT2D eigenvalue weighted by Crippen LogP contribution is -2.07. The lowest BCUT2D eigenvalue weighted by molar-refractivity contribution is 0.411. The van der Waals surface area contributed by atoms with Crippen molar-refractivity contribution in [3.8, 4) is 17.2 Å². The third-order valence-corrected chi connectivity index (χ3v) is 3.59. The summed E-state index contributed by atoms with van der Waals surface area (Å²) in [6, 6.07) is 17.4. The number of ether oxygens (including phenoxy) is 2. The van der Waals surface area contributed by atoms with Crippen LogP contribution >= 0.6 is 12.4 Å². The standard InChI is InChI=1S/C12H14N2O.C7H10N2O.ClH/c1-9-8-10(2)14(13-9)11-6-4-5-7-12(11)15-3;1-10-7-5-3-2-4-6(7)9-8;/h4-8H,1-3H3;2-5,9H,8H2,1H3;1H. The van der Waals surface area contributed by atoms with Gasteiger partial charge in [-0.15, -0.1) is 12.4 Å². The number of hydrogen-bond donors (Lipinski definition) is 2. The van der Waals surface area contributed by atoms with E-state index >= 15 is 0 Å². The van der Waals surface area contributed by atoms with Gasteiger partial charge in [-0.1, -0.05) is 24.3 Å². The van der Waals surface area contributed by atoms with Gasteiger partial charge in [0.15, 0.2) is 0 Å². The lowest BCUT2D eigenvalue weighted by Gasteiger charge is -2.09. The van der Waals surface area contributed by atoms with E-state index in [1.54, 1.807) is 14.2 Å². The first-order valence-corrected chi connectivity index (χ1v) is 7.87. The van der Waals surface area contributed by atoms with Crippen LogP contribution in [0.3, 0.4) is 0 Å². The van der Waals surface area contributed by atoms with Crippen LogP contribution < -0.4 is 20.7 Å². The van der Waals surface area contributed by atoms with Crippen molar-refractivity contribution >= 4 is 18.1 Å². The Kier molecular flexibility index (Phi) is 8.48. The molecule has 0 unspecified atom stereocenters. The number of nitrogen functional groups attached to an aromatic ring is 1. The van der Waals surface area contributed by atoms with Crippen LogP contribution in [0.15, 0.2) is 54.6 Å². The Bertz CT molecular complexity index is 798. The number of aryl methyl sites for hydroxylation is 2. The highest BCUT2D eigenvalue weighted by Gasteiger charge is 2.07. The third kappa shape index (κ3) is 5.15. The number of hydrazine groups is 1. The fourth-order valence-corrected chi connectivity index (χ4v) is 2.44. The van der Waals surface area contributed by atoms with Crippen molar-refractivity contribution in [3.63, 3.8) is 0 Å². The van der Waals surface area contributed by atoms with E-state index in [1.807, 2.05) is 73.1 Å². The lowest BCUT2D eigenvalue weighted by atomic mass is 10.3. The third-order valence-electron chi connectivity index (χ3n) is 3.59. The molecule has 0 amide bonds. The first-order valence-electron chi connectivity index (χ1n) is 7.87. The minimum absolute atomic E-state index is 0. The van der Waals surface area contributed by atoms with Crippen LogP contribution in [0.25, 0.3) is 5.69 Å². The van der Waals surface area contributed by atoms with Gasteiger partial charge in [0, 0.05) is 5.69 Å². The number of anilines is 1. The molecule has 3 aromatic rings. The molecule has 7 heteroatoms. The van der Waals surface area contributed by atoms with E-state index in [4.69, 9.17) is 15.3 Å². The molecule has 1 heterocycles. The Labute approximate surface area is 160 Å². The minimum Gasteiger partial charge on any atom is -0.495 e. The van der Waals surface area contributed by atoms with Crippen molar-refractivity contribution in [2.24, 2.45) is 5.84 Å². The van der Waals surface area contributed by atoms with Gasteiger partial charge >= 0.3 is 0 Å². The number of nitrogens with one attached hydrogen (secondary N) is 1. The quantitative estimate of drug-likeness (QED) is 0.533. The van der Waals surface area contributed by atoms with Crippen molar-refractivity contribution < 1.29 is 9.47 Å². The molecule has 0 atom stereocenters. The van der Waals surface area contributed by atoms with Crippen LogP contribution in [0.1, 0.15) is 11.4 Å². The Hall–Kier alpha value is -2.70. The van der Waals surface area contributed by atoms with E-state index in [0.29, 0.717) is 0 Å². The highest BCUT2D eigenvalue weighted by Crippen LogP contribution is 2.23. The number of hydrogen-bond acceptors (Lipinski definition) is 5. The maximum absolute atomic E-state index is 5.30. The summed E-state index contributed by atoms with van der Waals surface area (Å²) in [7, 11) is 3.28. The number of halogens is 1. The molecule has 0 saturated heterocycles. The van der Waals surface area contributed by atoms with Crippen LogP contribution in [0.2, 0.25) is 0 Å². The van der Waals surface area contributed by atoms with E-state index in [0.717, 1.165) is 34.3 Å². The van der Waals surface area contributed by atoms with E-state index in [9.17, 15) is 0 Å². The highest BCUT2D eigenvalue weighted by atomic mass is 35.5. The van der Waals surface area contributed by atoms with Crippen molar-refractivity contribution in [1.82, 2.24) is 9.78 Å². The second-order valence-corrected chi connectivity index (χ2v) is 5.36. The van der Waals surface area contributed by atoms with Gasteiger partial charge in [-0.25, -0.2) is 4.68 Å². The van der Waals surface area contributed by atoms with E-state index in [1.165, 1.54) is 0 Å². The summed E-state index contributed by atoms with van der Waals surface area (Å²) in [5, 5.41) is 4.43. The minimum atomic E-state index is 0. The van der Waals surface area contributed by atoms with Gasteiger partial charge in [0.25, 0.3) is 0 Å². The molecular formula is C19H25ClN4O2. The zero-order valence-corrected chi connectivity index (χ0v) is 16.2. The molecule has 140 valence electrons. The maximum atomic E-state index is 5.30. The van der Waals surface area contributed by atoms with E-state index in [2.05, 4.69) is 10.5 Å². The topological polar surface area (TPSA) is 74.3 Å². The number of nitrogens with zero attached hydrogens (tertiary/aromatic N) is 2. The zero-order chi connectivity index (χ0) is 18.2. The molecule has 2 aromatic carbocycles. The van der Waals surface area contributed by atoms with Gasteiger partial charge in [0.2, 0.25) is 0 Å².